The first-order valence-corrected chi connectivity index (χ1v) is 14.2. The summed E-state index contributed by atoms with van der Waals surface area (Å²) in [5, 5.41) is 0. The van der Waals surface area contributed by atoms with Gasteiger partial charge < -0.3 is 9.47 Å². The zero-order chi connectivity index (χ0) is 28.7. The molecule has 4 rings (SSSR count). The first-order valence-electron chi connectivity index (χ1n) is 14.2. The Hall–Kier alpha value is -2.25. The Labute approximate surface area is 233 Å². The highest BCUT2D eigenvalue weighted by atomic mass is 19.4. The number of halogens is 3. The van der Waals surface area contributed by atoms with E-state index >= 15 is 0 Å². The van der Waals surface area contributed by atoms with Gasteiger partial charge in [0.2, 0.25) is 0 Å². The summed E-state index contributed by atoms with van der Waals surface area (Å²) >= 11 is 0. The van der Waals surface area contributed by atoms with E-state index in [4.69, 9.17) is 9.47 Å². The molecule has 0 bridgehead atoms. The van der Waals surface area contributed by atoms with E-state index in [0.29, 0.717) is 19.7 Å². The van der Waals surface area contributed by atoms with E-state index < -0.39 is 12.1 Å². The lowest BCUT2D eigenvalue weighted by molar-refractivity contribution is -0.170. The molecule has 218 valence electrons. The highest BCUT2D eigenvalue weighted by Gasteiger charge is 2.43. The fourth-order valence-electron chi connectivity index (χ4n) is 4.60. The lowest BCUT2D eigenvalue weighted by Crippen LogP contribution is -2.39. The summed E-state index contributed by atoms with van der Waals surface area (Å²) in [6.07, 6.45) is -2.53. The summed E-state index contributed by atoms with van der Waals surface area (Å²) in [4.78, 5) is 4.24. The topological polar surface area (TPSA) is 24.9 Å². The smallest absolute Gasteiger partial charge is 0.393 e. The Morgan fingerprint density at radius 3 is 1.44 bits per heavy atom. The molecule has 0 spiro atoms. The number of hydrogen-bond acceptors (Lipinski definition) is 4. The van der Waals surface area contributed by atoms with E-state index in [9.17, 15) is 13.2 Å². The monoisotopic (exact) mass is 548 g/mol. The first-order chi connectivity index (χ1) is 18.2. The minimum atomic E-state index is -4.07. The molecule has 2 aliphatic heterocycles. The molecule has 39 heavy (non-hydrogen) atoms. The number of likely N-dealkylation sites (tertiary alicyclic amines) is 2. The van der Waals surface area contributed by atoms with Crippen LogP contribution in [0.2, 0.25) is 0 Å². The van der Waals surface area contributed by atoms with Gasteiger partial charge in [0.05, 0.1) is 5.92 Å². The average molecular weight is 549 g/mol. The van der Waals surface area contributed by atoms with Gasteiger partial charge in [-0.3, -0.25) is 9.80 Å². The van der Waals surface area contributed by atoms with Crippen LogP contribution >= 0.6 is 0 Å². The standard InChI is InChI=1S/C17H24F3NO.C15H23NO/c1-16(2,3)13-4-6-15(7-5-13)22-11-10-21-9-8-14(12-21)17(18,19)20;1-15(2,3)13-5-7-14(8-6-13)17-12-11-16-9-4-10-16/h4-7,14H,8-12H2,1-3H3;5-8H,4,9-12H2,1-3H3/t14-;/m0./s1. The summed E-state index contributed by atoms with van der Waals surface area (Å²) in [6, 6.07) is 16.4. The first kappa shape index (κ1) is 31.3. The molecule has 1 atom stereocenters. The van der Waals surface area contributed by atoms with Crippen LogP contribution in [-0.4, -0.2) is 68.5 Å². The van der Waals surface area contributed by atoms with Gasteiger partial charge in [-0.15, -0.1) is 0 Å². The van der Waals surface area contributed by atoms with Crippen molar-refractivity contribution in [3.63, 3.8) is 0 Å². The molecule has 0 aromatic heterocycles. The second-order valence-electron chi connectivity index (χ2n) is 12.8. The molecular formula is C32H47F3N2O2. The van der Waals surface area contributed by atoms with E-state index in [1.165, 1.54) is 30.6 Å². The second kappa shape index (κ2) is 13.4. The molecule has 2 aromatic rings. The van der Waals surface area contributed by atoms with Crippen molar-refractivity contribution in [3.05, 3.63) is 59.7 Å². The van der Waals surface area contributed by atoms with E-state index in [2.05, 4.69) is 70.7 Å². The number of benzene rings is 2. The van der Waals surface area contributed by atoms with Crippen molar-refractivity contribution >= 4 is 0 Å². The largest absolute Gasteiger partial charge is 0.492 e. The maximum Gasteiger partial charge on any atom is 0.393 e. The predicted molar refractivity (Wildman–Crippen MR) is 153 cm³/mol. The van der Waals surface area contributed by atoms with Crippen LogP contribution in [0, 0.1) is 5.92 Å². The summed E-state index contributed by atoms with van der Waals surface area (Å²) in [5.74, 6) is 0.566. The summed E-state index contributed by atoms with van der Waals surface area (Å²) in [7, 11) is 0. The Morgan fingerprint density at radius 2 is 1.10 bits per heavy atom. The number of rotatable bonds is 8. The van der Waals surface area contributed by atoms with Crippen LogP contribution in [0.5, 0.6) is 11.5 Å². The zero-order valence-electron chi connectivity index (χ0n) is 24.6. The normalized spacial score (nSPS) is 18.7. The molecule has 7 heteroatoms. The van der Waals surface area contributed by atoms with Gasteiger partial charge in [0.15, 0.2) is 0 Å². The molecule has 0 amide bonds. The number of nitrogens with zero attached hydrogens (tertiary/aromatic N) is 2. The van der Waals surface area contributed by atoms with Gasteiger partial charge >= 0.3 is 6.18 Å². The Morgan fingerprint density at radius 1 is 0.667 bits per heavy atom. The fraction of sp³-hybridized carbons (Fsp3) is 0.625. The molecule has 2 fully saturated rings. The van der Waals surface area contributed by atoms with Gasteiger partial charge in [0.25, 0.3) is 0 Å². The van der Waals surface area contributed by atoms with Gasteiger partial charge in [-0.25, -0.2) is 0 Å². The van der Waals surface area contributed by atoms with E-state index in [-0.39, 0.29) is 23.8 Å². The molecule has 0 N–H and O–H groups in total. The van der Waals surface area contributed by atoms with Crippen LogP contribution in [0.3, 0.4) is 0 Å². The molecule has 0 radical (unpaired) electrons. The van der Waals surface area contributed by atoms with Gasteiger partial charge in [-0.2, -0.15) is 13.2 Å². The second-order valence-corrected chi connectivity index (χ2v) is 12.8. The average Bonchev–Trinajstić information content (AvgIpc) is 3.30. The molecular weight excluding hydrogens is 501 g/mol. The molecule has 0 saturated carbocycles. The molecule has 2 heterocycles. The molecule has 0 unspecified atom stereocenters. The summed E-state index contributed by atoms with van der Waals surface area (Å²) in [6.45, 7) is 19.0. The quantitative estimate of drug-likeness (QED) is 0.345. The van der Waals surface area contributed by atoms with Crippen molar-refractivity contribution in [3.8, 4) is 11.5 Å². The van der Waals surface area contributed by atoms with Crippen LogP contribution < -0.4 is 9.47 Å². The maximum absolute atomic E-state index is 12.6. The van der Waals surface area contributed by atoms with Crippen LogP contribution in [-0.2, 0) is 10.8 Å². The molecule has 0 aliphatic carbocycles. The van der Waals surface area contributed by atoms with Crippen molar-refractivity contribution in [1.29, 1.82) is 0 Å². The van der Waals surface area contributed by atoms with E-state index in [1.54, 1.807) is 0 Å². The lowest BCUT2D eigenvalue weighted by Gasteiger charge is -2.30. The third-order valence-corrected chi connectivity index (χ3v) is 7.48. The van der Waals surface area contributed by atoms with Crippen molar-refractivity contribution in [1.82, 2.24) is 9.80 Å². The van der Waals surface area contributed by atoms with Crippen LogP contribution in [0.15, 0.2) is 48.5 Å². The number of hydrogen-bond donors (Lipinski definition) is 0. The third kappa shape index (κ3) is 10.3. The van der Waals surface area contributed by atoms with Gasteiger partial charge in [0.1, 0.15) is 24.7 Å². The maximum atomic E-state index is 12.6. The number of alkyl halides is 3. The Balaban J connectivity index is 0.000000223. The van der Waals surface area contributed by atoms with Crippen LogP contribution in [0.1, 0.15) is 65.5 Å². The van der Waals surface area contributed by atoms with Crippen LogP contribution in [0.4, 0.5) is 13.2 Å². The van der Waals surface area contributed by atoms with Gasteiger partial charge in [-0.05, 0) is 78.7 Å². The van der Waals surface area contributed by atoms with Gasteiger partial charge in [0, 0.05) is 19.6 Å². The number of ether oxygens (including phenoxy) is 2. The van der Waals surface area contributed by atoms with Gasteiger partial charge in [-0.1, -0.05) is 65.8 Å². The Bertz CT molecular complexity index is 989. The highest BCUT2D eigenvalue weighted by Crippen LogP contribution is 2.33. The van der Waals surface area contributed by atoms with Crippen molar-refractivity contribution in [2.24, 2.45) is 5.92 Å². The predicted octanol–water partition coefficient (Wildman–Crippen LogP) is 7.32. The SMILES string of the molecule is CC(C)(C)c1ccc(OCCN2CCC2)cc1.CC(C)(C)c1ccc(OCCN2CC[C@H](C(F)(F)F)C2)cc1. The van der Waals surface area contributed by atoms with E-state index in [1.807, 2.05) is 29.2 Å². The molecule has 2 aliphatic rings. The zero-order valence-corrected chi connectivity index (χ0v) is 24.6. The van der Waals surface area contributed by atoms with E-state index in [0.717, 1.165) is 24.7 Å². The third-order valence-electron chi connectivity index (χ3n) is 7.48. The summed E-state index contributed by atoms with van der Waals surface area (Å²) < 4.78 is 49.2. The molecule has 2 saturated heterocycles. The van der Waals surface area contributed by atoms with Crippen molar-refractivity contribution in [2.75, 3.05) is 52.5 Å². The summed E-state index contributed by atoms with van der Waals surface area (Å²) in [5.41, 5.74) is 2.90. The molecule has 2 aromatic carbocycles. The minimum absolute atomic E-state index is 0.0931. The fourth-order valence-corrected chi connectivity index (χ4v) is 4.60. The van der Waals surface area contributed by atoms with Crippen LogP contribution in [0.25, 0.3) is 0 Å². The molecule has 4 nitrogen and oxygen atoms in total. The van der Waals surface area contributed by atoms with Crippen molar-refractivity contribution < 1.29 is 22.6 Å². The minimum Gasteiger partial charge on any atom is -0.492 e. The highest BCUT2D eigenvalue weighted by molar-refractivity contribution is 5.32. The van der Waals surface area contributed by atoms with Crippen molar-refractivity contribution in [2.45, 2.75) is 71.4 Å². The Kier molecular flexibility index (Phi) is 10.8. The lowest BCUT2D eigenvalue weighted by atomic mass is 9.87.